The number of sulfonamides is 1. The van der Waals surface area contributed by atoms with Crippen molar-refractivity contribution in [3.8, 4) is 0 Å². The van der Waals surface area contributed by atoms with Crippen molar-refractivity contribution in [1.82, 2.24) is 19.5 Å². The Labute approximate surface area is 118 Å². The zero-order chi connectivity index (χ0) is 14.8. The van der Waals surface area contributed by atoms with Gasteiger partial charge >= 0.3 is 0 Å². The fourth-order valence-corrected chi connectivity index (χ4v) is 3.53. The highest BCUT2D eigenvalue weighted by molar-refractivity contribution is 7.89. The van der Waals surface area contributed by atoms with Crippen molar-refractivity contribution in [3.05, 3.63) is 41.5 Å². The molecule has 0 unspecified atom stereocenters. The number of pyridine rings is 1. The second-order valence-electron chi connectivity index (χ2n) is 4.70. The number of aromatic nitrogens is 3. The van der Waals surface area contributed by atoms with Crippen molar-refractivity contribution >= 4 is 10.0 Å². The normalized spacial score (nSPS) is 12.0. The predicted octanol–water partition coefficient (Wildman–Crippen LogP) is 1.28. The van der Waals surface area contributed by atoms with Gasteiger partial charge in [0, 0.05) is 26.0 Å². The van der Waals surface area contributed by atoms with Gasteiger partial charge in [-0.15, -0.1) is 0 Å². The van der Waals surface area contributed by atoms with Crippen LogP contribution in [0.4, 0.5) is 0 Å². The van der Waals surface area contributed by atoms with Crippen molar-refractivity contribution in [3.63, 3.8) is 0 Å². The van der Waals surface area contributed by atoms with Gasteiger partial charge in [0.25, 0.3) is 0 Å². The zero-order valence-corrected chi connectivity index (χ0v) is 12.6. The molecule has 0 bridgehead atoms. The molecule has 7 heteroatoms. The predicted molar refractivity (Wildman–Crippen MR) is 75.8 cm³/mol. The Kier molecular flexibility index (Phi) is 4.20. The van der Waals surface area contributed by atoms with Gasteiger partial charge in [0.1, 0.15) is 4.90 Å². The first-order chi connectivity index (χ1) is 9.43. The van der Waals surface area contributed by atoms with E-state index in [2.05, 4.69) is 15.2 Å². The van der Waals surface area contributed by atoms with Gasteiger partial charge in [0.15, 0.2) is 0 Å². The summed E-state index contributed by atoms with van der Waals surface area (Å²) in [5.74, 6) is 0. The Morgan fingerprint density at radius 2 is 1.90 bits per heavy atom. The third-order valence-electron chi connectivity index (χ3n) is 3.19. The molecule has 0 saturated heterocycles. The number of likely N-dealkylation sites (N-methyl/N-ethyl adjacent to an activating group) is 1. The fraction of sp³-hybridized carbons (Fsp3) is 0.385. The molecule has 6 nitrogen and oxygen atoms in total. The van der Waals surface area contributed by atoms with Crippen molar-refractivity contribution in [2.24, 2.45) is 0 Å². The molecule has 1 N–H and O–H groups in total. The standard InChI is InChI=1S/C13H18N4O2S/c1-10-13(11(2)16-15-10)20(18,19)17(3)9-6-12-4-7-14-8-5-12/h4-5,7-8H,6,9H2,1-3H3,(H,15,16). The second-order valence-corrected chi connectivity index (χ2v) is 6.68. The van der Waals surface area contributed by atoms with Gasteiger partial charge in [0.2, 0.25) is 10.0 Å². The smallest absolute Gasteiger partial charge is 0.246 e. The van der Waals surface area contributed by atoms with Gasteiger partial charge in [0.05, 0.1) is 11.4 Å². The first kappa shape index (κ1) is 14.7. The number of rotatable bonds is 5. The van der Waals surface area contributed by atoms with Crippen molar-refractivity contribution in [2.75, 3.05) is 13.6 Å². The zero-order valence-electron chi connectivity index (χ0n) is 11.8. The number of hydrogen-bond donors (Lipinski definition) is 1. The molecular weight excluding hydrogens is 276 g/mol. The highest BCUT2D eigenvalue weighted by Crippen LogP contribution is 2.20. The van der Waals surface area contributed by atoms with Crippen LogP contribution in [0.15, 0.2) is 29.4 Å². The fourth-order valence-electron chi connectivity index (χ4n) is 2.03. The van der Waals surface area contributed by atoms with Gasteiger partial charge in [-0.2, -0.15) is 5.10 Å². The minimum atomic E-state index is -3.50. The average Bonchev–Trinajstić information content (AvgIpc) is 2.77. The van der Waals surface area contributed by atoms with E-state index in [4.69, 9.17) is 0 Å². The number of hydrogen-bond acceptors (Lipinski definition) is 4. The molecule has 0 aliphatic heterocycles. The Morgan fingerprint density at radius 3 is 2.45 bits per heavy atom. The highest BCUT2D eigenvalue weighted by atomic mass is 32.2. The topological polar surface area (TPSA) is 79.0 Å². The molecule has 0 aromatic carbocycles. The maximum Gasteiger partial charge on any atom is 0.246 e. The van der Waals surface area contributed by atoms with E-state index in [0.29, 0.717) is 24.4 Å². The molecule has 0 amide bonds. The number of aromatic amines is 1. The molecule has 0 aliphatic carbocycles. The van der Waals surface area contributed by atoms with Crippen LogP contribution in [0, 0.1) is 13.8 Å². The molecule has 2 rings (SSSR count). The van der Waals surface area contributed by atoms with E-state index >= 15 is 0 Å². The van der Waals surface area contributed by atoms with Crippen molar-refractivity contribution < 1.29 is 8.42 Å². The van der Waals surface area contributed by atoms with E-state index in [9.17, 15) is 8.42 Å². The van der Waals surface area contributed by atoms with Crippen molar-refractivity contribution in [1.29, 1.82) is 0 Å². The Hall–Kier alpha value is -1.73. The maximum atomic E-state index is 12.5. The Bertz CT molecular complexity index is 660. The molecule has 2 aromatic heterocycles. The lowest BCUT2D eigenvalue weighted by molar-refractivity contribution is 0.471. The van der Waals surface area contributed by atoms with Crippen LogP contribution >= 0.6 is 0 Å². The van der Waals surface area contributed by atoms with Crippen LogP contribution in [0.2, 0.25) is 0 Å². The summed E-state index contributed by atoms with van der Waals surface area (Å²) in [4.78, 5) is 4.21. The van der Waals surface area contributed by atoms with Crippen LogP contribution < -0.4 is 0 Å². The summed E-state index contributed by atoms with van der Waals surface area (Å²) in [7, 11) is -1.92. The largest absolute Gasteiger partial charge is 0.281 e. The van der Waals surface area contributed by atoms with Crippen LogP contribution in [0.1, 0.15) is 17.0 Å². The van der Waals surface area contributed by atoms with E-state index in [0.717, 1.165) is 5.56 Å². The molecule has 0 spiro atoms. The highest BCUT2D eigenvalue weighted by Gasteiger charge is 2.26. The summed E-state index contributed by atoms with van der Waals surface area (Å²) in [5.41, 5.74) is 2.12. The quantitative estimate of drug-likeness (QED) is 0.901. The summed E-state index contributed by atoms with van der Waals surface area (Å²) in [6.45, 7) is 3.81. The SMILES string of the molecule is Cc1n[nH]c(C)c1S(=O)(=O)N(C)CCc1ccncc1. The summed E-state index contributed by atoms with van der Waals surface area (Å²) in [6, 6.07) is 3.77. The van der Waals surface area contributed by atoms with Crippen LogP contribution in [0.3, 0.4) is 0 Å². The van der Waals surface area contributed by atoms with E-state index in [1.54, 1.807) is 33.3 Å². The van der Waals surface area contributed by atoms with E-state index in [-0.39, 0.29) is 4.90 Å². The molecule has 108 valence electrons. The summed E-state index contributed by atoms with van der Waals surface area (Å²) in [5, 5.41) is 6.65. The molecular formula is C13H18N4O2S. The van der Waals surface area contributed by atoms with Gasteiger partial charge in [-0.25, -0.2) is 12.7 Å². The minimum absolute atomic E-state index is 0.273. The molecule has 20 heavy (non-hydrogen) atoms. The Balaban J connectivity index is 2.14. The molecule has 0 fully saturated rings. The van der Waals surface area contributed by atoms with E-state index < -0.39 is 10.0 Å². The Morgan fingerprint density at radius 1 is 1.25 bits per heavy atom. The van der Waals surface area contributed by atoms with Gasteiger partial charge < -0.3 is 0 Å². The number of nitrogens with one attached hydrogen (secondary N) is 1. The van der Waals surface area contributed by atoms with Gasteiger partial charge in [-0.3, -0.25) is 10.1 Å². The molecule has 0 radical (unpaired) electrons. The van der Waals surface area contributed by atoms with E-state index in [1.165, 1.54) is 4.31 Å². The summed E-state index contributed by atoms with van der Waals surface area (Å²) in [6.07, 6.45) is 4.05. The lowest BCUT2D eigenvalue weighted by Gasteiger charge is -2.17. The van der Waals surface area contributed by atoms with E-state index in [1.807, 2.05) is 12.1 Å². The second kappa shape index (κ2) is 5.72. The summed E-state index contributed by atoms with van der Waals surface area (Å²) >= 11 is 0. The summed E-state index contributed by atoms with van der Waals surface area (Å²) < 4.78 is 26.4. The lowest BCUT2D eigenvalue weighted by atomic mass is 10.2. The molecule has 0 atom stereocenters. The molecule has 2 heterocycles. The van der Waals surface area contributed by atoms with Crippen LogP contribution in [-0.2, 0) is 16.4 Å². The van der Waals surface area contributed by atoms with Crippen molar-refractivity contribution in [2.45, 2.75) is 25.2 Å². The monoisotopic (exact) mass is 294 g/mol. The number of aryl methyl sites for hydroxylation is 2. The average molecular weight is 294 g/mol. The van der Waals surface area contributed by atoms with Gasteiger partial charge in [-0.05, 0) is 38.0 Å². The molecule has 0 saturated carbocycles. The van der Waals surface area contributed by atoms with Gasteiger partial charge in [-0.1, -0.05) is 0 Å². The van der Waals surface area contributed by atoms with Crippen LogP contribution in [-0.4, -0.2) is 41.5 Å². The maximum absolute atomic E-state index is 12.5. The number of nitrogens with zero attached hydrogens (tertiary/aromatic N) is 3. The number of H-pyrrole nitrogens is 1. The lowest BCUT2D eigenvalue weighted by Crippen LogP contribution is -2.29. The minimum Gasteiger partial charge on any atom is -0.281 e. The molecule has 0 aliphatic rings. The first-order valence-corrected chi connectivity index (χ1v) is 7.73. The molecule has 2 aromatic rings. The first-order valence-electron chi connectivity index (χ1n) is 6.29. The van der Waals surface area contributed by atoms with Crippen LogP contribution in [0.5, 0.6) is 0 Å². The third kappa shape index (κ3) is 2.88. The third-order valence-corrected chi connectivity index (χ3v) is 5.31. The van der Waals surface area contributed by atoms with Crippen LogP contribution in [0.25, 0.3) is 0 Å².